The molecular formula is C14H19N3O3S. The standard InChI is InChI=1S/C14H19N3O3S/c1-8-6-12(10(3)20-8)9(2)17-14-5-4-11(7-13(14)15)21(16,18)19/h4-7,9,17H,15H2,1-3H3,(H2,16,18,19). The number of aryl methyl sites for hydroxylation is 2. The SMILES string of the molecule is Cc1cc(C(C)Nc2ccc(S(N)(=O)=O)cc2N)c(C)o1. The minimum atomic E-state index is -3.75. The predicted molar refractivity (Wildman–Crippen MR) is 82.4 cm³/mol. The molecule has 7 heteroatoms. The molecule has 2 aromatic rings. The summed E-state index contributed by atoms with van der Waals surface area (Å²) in [5.41, 5.74) is 7.88. The molecule has 1 aromatic carbocycles. The van der Waals surface area contributed by atoms with Gasteiger partial charge in [-0.15, -0.1) is 0 Å². The van der Waals surface area contributed by atoms with Gasteiger partial charge in [0.1, 0.15) is 11.5 Å². The van der Waals surface area contributed by atoms with E-state index in [2.05, 4.69) is 5.32 Å². The summed E-state index contributed by atoms with van der Waals surface area (Å²) < 4.78 is 28.1. The molecule has 0 radical (unpaired) electrons. The van der Waals surface area contributed by atoms with E-state index in [1.54, 1.807) is 6.07 Å². The molecule has 0 saturated carbocycles. The number of furan rings is 1. The third kappa shape index (κ3) is 3.37. The van der Waals surface area contributed by atoms with Crippen molar-refractivity contribution in [1.82, 2.24) is 0 Å². The Morgan fingerprint density at radius 2 is 1.90 bits per heavy atom. The first kappa shape index (κ1) is 15.4. The highest BCUT2D eigenvalue weighted by Crippen LogP contribution is 2.28. The monoisotopic (exact) mass is 309 g/mol. The largest absolute Gasteiger partial charge is 0.466 e. The van der Waals surface area contributed by atoms with Gasteiger partial charge in [-0.1, -0.05) is 0 Å². The first-order valence-electron chi connectivity index (χ1n) is 6.44. The molecule has 1 heterocycles. The summed E-state index contributed by atoms with van der Waals surface area (Å²) in [4.78, 5) is -0.00598. The maximum atomic E-state index is 11.3. The molecule has 21 heavy (non-hydrogen) atoms. The number of hydrogen-bond acceptors (Lipinski definition) is 5. The molecule has 0 aliphatic heterocycles. The third-order valence-electron chi connectivity index (χ3n) is 3.27. The summed E-state index contributed by atoms with van der Waals surface area (Å²) in [6.45, 7) is 5.76. The molecule has 114 valence electrons. The van der Waals surface area contributed by atoms with E-state index < -0.39 is 10.0 Å². The molecule has 6 nitrogen and oxygen atoms in total. The molecule has 0 bridgehead atoms. The summed E-state index contributed by atoms with van der Waals surface area (Å²) in [5.74, 6) is 1.68. The van der Waals surface area contributed by atoms with Crippen molar-refractivity contribution in [2.24, 2.45) is 5.14 Å². The van der Waals surface area contributed by atoms with Crippen LogP contribution in [0.4, 0.5) is 11.4 Å². The van der Waals surface area contributed by atoms with E-state index in [-0.39, 0.29) is 10.9 Å². The maximum absolute atomic E-state index is 11.3. The minimum absolute atomic E-state index is 0.00598. The quantitative estimate of drug-likeness (QED) is 0.750. The Morgan fingerprint density at radius 1 is 1.24 bits per heavy atom. The average molecular weight is 309 g/mol. The molecule has 0 saturated heterocycles. The Kier molecular flexibility index (Phi) is 3.97. The second-order valence-electron chi connectivity index (χ2n) is 5.03. The fourth-order valence-corrected chi connectivity index (χ4v) is 2.79. The van der Waals surface area contributed by atoms with Crippen molar-refractivity contribution >= 4 is 21.4 Å². The Hall–Kier alpha value is -1.99. The number of benzene rings is 1. The van der Waals surface area contributed by atoms with E-state index in [0.717, 1.165) is 17.1 Å². The number of sulfonamides is 1. The minimum Gasteiger partial charge on any atom is -0.466 e. The van der Waals surface area contributed by atoms with Gasteiger partial charge in [-0.05, 0) is 45.0 Å². The lowest BCUT2D eigenvalue weighted by atomic mass is 10.1. The molecule has 1 aromatic heterocycles. The van der Waals surface area contributed by atoms with Crippen molar-refractivity contribution < 1.29 is 12.8 Å². The summed E-state index contributed by atoms with van der Waals surface area (Å²) >= 11 is 0. The molecule has 5 N–H and O–H groups in total. The molecule has 2 rings (SSSR count). The fraction of sp³-hybridized carbons (Fsp3) is 0.286. The van der Waals surface area contributed by atoms with Gasteiger partial charge in [-0.25, -0.2) is 13.6 Å². The van der Waals surface area contributed by atoms with E-state index in [1.807, 2.05) is 26.8 Å². The van der Waals surface area contributed by atoms with Crippen LogP contribution < -0.4 is 16.2 Å². The maximum Gasteiger partial charge on any atom is 0.238 e. The molecular weight excluding hydrogens is 290 g/mol. The van der Waals surface area contributed by atoms with E-state index in [9.17, 15) is 8.42 Å². The predicted octanol–water partition coefficient (Wildman–Crippen LogP) is 2.30. The third-order valence-corrected chi connectivity index (χ3v) is 4.18. The number of primary sulfonamides is 1. The van der Waals surface area contributed by atoms with Gasteiger partial charge in [0, 0.05) is 5.56 Å². The molecule has 0 aliphatic rings. The first-order chi connectivity index (χ1) is 9.68. The second kappa shape index (κ2) is 5.42. The van der Waals surface area contributed by atoms with Crippen LogP contribution in [0.25, 0.3) is 0 Å². The highest BCUT2D eigenvalue weighted by atomic mass is 32.2. The lowest BCUT2D eigenvalue weighted by molar-refractivity contribution is 0.500. The van der Waals surface area contributed by atoms with Gasteiger partial charge >= 0.3 is 0 Å². The van der Waals surface area contributed by atoms with Gasteiger partial charge < -0.3 is 15.5 Å². The van der Waals surface area contributed by atoms with Crippen LogP contribution in [0.15, 0.2) is 33.6 Å². The van der Waals surface area contributed by atoms with Gasteiger partial charge in [0.05, 0.1) is 22.3 Å². The molecule has 0 amide bonds. The van der Waals surface area contributed by atoms with Gasteiger partial charge in [0.2, 0.25) is 10.0 Å². The topological polar surface area (TPSA) is 111 Å². The lowest BCUT2D eigenvalue weighted by Crippen LogP contribution is -2.13. The Balaban J connectivity index is 2.26. The molecule has 1 atom stereocenters. The number of nitrogen functional groups attached to an aromatic ring is 1. The zero-order chi connectivity index (χ0) is 15.8. The van der Waals surface area contributed by atoms with Crippen molar-refractivity contribution in [2.45, 2.75) is 31.7 Å². The van der Waals surface area contributed by atoms with E-state index in [1.165, 1.54) is 12.1 Å². The van der Waals surface area contributed by atoms with Crippen LogP contribution in [0.3, 0.4) is 0 Å². The van der Waals surface area contributed by atoms with Gasteiger partial charge in [0.25, 0.3) is 0 Å². The van der Waals surface area contributed by atoms with Crippen LogP contribution in [0, 0.1) is 13.8 Å². The van der Waals surface area contributed by atoms with E-state index >= 15 is 0 Å². The summed E-state index contributed by atoms with van der Waals surface area (Å²) in [7, 11) is -3.75. The van der Waals surface area contributed by atoms with Crippen molar-refractivity contribution in [3.63, 3.8) is 0 Å². The lowest BCUT2D eigenvalue weighted by Gasteiger charge is -2.16. The molecule has 0 aliphatic carbocycles. The zero-order valence-corrected chi connectivity index (χ0v) is 13.0. The van der Waals surface area contributed by atoms with E-state index in [4.69, 9.17) is 15.3 Å². The van der Waals surface area contributed by atoms with Gasteiger partial charge in [-0.3, -0.25) is 0 Å². The van der Waals surface area contributed by atoms with Crippen LogP contribution in [-0.2, 0) is 10.0 Å². The normalized spacial score (nSPS) is 13.1. The van der Waals surface area contributed by atoms with Crippen LogP contribution in [0.2, 0.25) is 0 Å². The van der Waals surface area contributed by atoms with Crippen molar-refractivity contribution in [1.29, 1.82) is 0 Å². The van der Waals surface area contributed by atoms with Crippen molar-refractivity contribution in [2.75, 3.05) is 11.1 Å². The summed E-state index contributed by atoms with van der Waals surface area (Å²) in [5, 5.41) is 8.31. The highest BCUT2D eigenvalue weighted by molar-refractivity contribution is 7.89. The highest BCUT2D eigenvalue weighted by Gasteiger charge is 2.15. The molecule has 0 spiro atoms. The number of nitrogens with two attached hydrogens (primary N) is 2. The summed E-state index contributed by atoms with van der Waals surface area (Å²) in [6.07, 6.45) is 0. The number of anilines is 2. The van der Waals surface area contributed by atoms with Crippen LogP contribution in [0.1, 0.15) is 30.0 Å². The Bertz CT molecular complexity index is 766. The smallest absolute Gasteiger partial charge is 0.238 e. The van der Waals surface area contributed by atoms with Gasteiger partial charge in [0.15, 0.2) is 0 Å². The fourth-order valence-electron chi connectivity index (χ4n) is 2.24. The number of hydrogen-bond donors (Lipinski definition) is 3. The molecule has 1 unspecified atom stereocenters. The summed E-state index contributed by atoms with van der Waals surface area (Å²) in [6, 6.07) is 6.31. The number of rotatable bonds is 4. The van der Waals surface area contributed by atoms with E-state index in [0.29, 0.717) is 11.4 Å². The first-order valence-corrected chi connectivity index (χ1v) is 7.99. The Labute approximate surface area is 124 Å². The second-order valence-corrected chi connectivity index (χ2v) is 6.59. The van der Waals surface area contributed by atoms with Crippen LogP contribution in [-0.4, -0.2) is 8.42 Å². The molecule has 0 fully saturated rings. The van der Waals surface area contributed by atoms with Crippen LogP contribution >= 0.6 is 0 Å². The average Bonchev–Trinajstić information content (AvgIpc) is 2.69. The van der Waals surface area contributed by atoms with Gasteiger partial charge in [-0.2, -0.15) is 0 Å². The number of nitrogens with one attached hydrogen (secondary N) is 1. The zero-order valence-electron chi connectivity index (χ0n) is 12.2. The van der Waals surface area contributed by atoms with Crippen molar-refractivity contribution in [3.05, 3.63) is 41.3 Å². The van der Waals surface area contributed by atoms with Crippen LogP contribution in [0.5, 0.6) is 0 Å². The Morgan fingerprint density at radius 3 is 2.38 bits per heavy atom. The van der Waals surface area contributed by atoms with Crippen molar-refractivity contribution in [3.8, 4) is 0 Å².